The van der Waals surface area contributed by atoms with Crippen LogP contribution < -0.4 is 10.6 Å². The number of carbonyl (C=O) groups is 2. The van der Waals surface area contributed by atoms with E-state index >= 15 is 0 Å². The number of nitrogens with one attached hydrogen (secondary N) is 2. The number of carbonyl (C=O) groups excluding carboxylic acids is 2. The predicted octanol–water partition coefficient (Wildman–Crippen LogP) is 4.42. The maximum absolute atomic E-state index is 12.8. The fraction of sp³-hybridized carbons (Fsp3) is 0.200. The molecule has 0 saturated carbocycles. The molecule has 1 heterocycles. The minimum absolute atomic E-state index is 0.137. The van der Waals surface area contributed by atoms with Gasteiger partial charge in [0.05, 0.1) is 12.0 Å². The summed E-state index contributed by atoms with van der Waals surface area (Å²) in [5.74, 6) is -0.846. The van der Waals surface area contributed by atoms with Gasteiger partial charge in [0.2, 0.25) is 11.8 Å². The average Bonchev–Trinajstić information content (AvgIpc) is 2.78. The van der Waals surface area contributed by atoms with Crippen molar-refractivity contribution in [2.75, 3.05) is 10.6 Å². The second kappa shape index (κ2) is 8.93. The van der Waals surface area contributed by atoms with Crippen molar-refractivity contribution in [1.82, 2.24) is 0 Å². The van der Waals surface area contributed by atoms with Gasteiger partial charge < -0.3 is 15.7 Å². The van der Waals surface area contributed by atoms with Crippen molar-refractivity contribution < 1.29 is 14.7 Å². The van der Waals surface area contributed by atoms with E-state index in [1.165, 1.54) is 0 Å². The Morgan fingerprint density at radius 3 is 2.47 bits per heavy atom. The molecule has 2 amide bonds. The van der Waals surface area contributed by atoms with Gasteiger partial charge in [-0.05, 0) is 47.7 Å². The van der Waals surface area contributed by atoms with Crippen molar-refractivity contribution in [3.05, 3.63) is 95.6 Å². The van der Waals surface area contributed by atoms with Crippen LogP contribution in [0.25, 0.3) is 0 Å². The Hall–Kier alpha value is -3.44. The van der Waals surface area contributed by atoms with Crippen LogP contribution in [0, 0.1) is 0 Å². The molecular weight excluding hydrogens is 376 g/mol. The average molecular weight is 400 g/mol. The van der Waals surface area contributed by atoms with Gasteiger partial charge in [0.1, 0.15) is 0 Å². The quantitative estimate of drug-likeness (QED) is 0.573. The molecule has 0 saturated heterocycles. The molecule has 0 spiro atoms. The Balaban J connectivity index is 1.37. The lowest BCUT2D eigenvalue weighted by atomic mass is 9.90. The largest absolute Gasteiger partial charge is 0.388 e. The Labute approximate surface area is 175 Å². The van der Waals surface area contributed by atoms with Crippen molar-refractivity contribution >= 4 is 23.2 Å². The maximum Gasteiger partial charge on any atom is 0.232 e. The second-order valence-corrected chi connectivity index (χ2v) is 7.54. The lowest BCUT2D eigenvalue weighted by Crippen LogP contribution is -2.30. The molecular formula is C25H24N2O3. The minimum Gasteiger partial charge on any atom is -0.388 e. The monoisotopic (exact) mass is 400 g/mol. The Morgan fingerprint density at radius 1 is 1.00 bits per heavy atom. The number of benzene rings is 3. The molecule has 2 atom stereocenters. The van der Waals surface area contributed by atoms with Crippen LogP contribution in [0.5, 0.6) is 0 Å². The first kappa shape index (κ1) is 19.9. The number of aliphatic hydroxyl groups is 1. The van der Waals surface area contributed by atoms with Crippen molar-refractivity contribution in [2.45, 2.75) is 31.3 Å². The number of amides is 2. The van der Waals surface area contributed by atoms with Crippen LogP contribution >= 0.6 is 0 Å². The van der Waals surface area contributed by atoms with Gasteiger partial charge >= 0.3 is 0 Å². The minimum atomic E-state index is -0.504. The van der Waals surface area contributed by atoms with Gasteiger partial charge in [0.25, 0.3) is 0 Å². The summed E-state index contributed by atoms with van der Waals surface area (Å²) in [6, 6.07) is 24.6. The second-order valence-electron chi connectivity index (χ2n) is 7.54. The Morgan fingerprint density at radius 2 is 1.70 bits per heavy atom. The Bertz CT molecular complexity index is 1030. The lowest BCUT2D eigenvalue weighted by Gasteiger charge is -2.24. The molecule has 0 fully saturated rings. The maximum atomic E-state index is 12.8. The van der Waals surface area contributed by atoms with E-state index in [0.717, 1.165) is 23.1 Å². The van der Waals surface area contributed by atoms with E-state index in [0.29, 0.717) is 17.8 Å². The van der Waals surface area contributed by atoms with E-state index in [9.17, 15) is 14.7 Å². The SMILES string of the molecule is O=C1C[C@H](C(=O)Nc2ccc(CC[C@@H](O)c3ccccc3)cc2)c2ccccc2N1. The van der Waals surface area contributed by atoms with Gasteiger partial charge in [0, 0.05) is 17.8 Å². The number of anilines is 2. The molecule has 3 aromatic rings. The van der Waals surface area contributed by atoms with E-state index in [-0.39, 0.29) is 18.2 Å². The third-order valence-corrected chi connectivity index (χ3v) is 5.43. The van der Waals surface area contributed by atoms with Crippen molar-refractivity contribution in [1.29, 1.82) is 0 Å². The summed E-state index contributed by atoms with van der Waals surface area (Å²) >= 11 is 0. The first-order chi connectivity index (χ1) is 14.6. The van der Waals surface area contributed by atoms with E-state index in [2.05, 4.69) is 10.6 Å². The molecule has 0 unspecified atom stereocenters. The summed E-state index contributed by atoms with van der Waals surface area (Å²) in [4.78, 5) is 24.8. The van der Waals surface area contributed by atoms with Crippen molar-refractivity contribution in [3.63, 3.8) is 0 Å². The predicted molar refractivity (Wildman–Crippen MR) is 117 cm³/mol. The van der Waals surface area contributed by atoms with Gasteiger partial charge in [-0.2, -0.15) is 0 Å². The summed E-state index contributed by atoms with van der Waals surface area (Å²) < 4.78 is 0. The van der Waals surface area contributed by atoms with Crippen LogP contribution in [0.3, 0.4) is 0 Å². The smallest absolute Gasteiger partial charge is 0.232 e. The number of rotatable bonds is 6. The third-order valence-electron chi connectivity index (χ3n) is 5.43. The highest BCUT2D eigenvalue weighted by Gasteiger charge is 2.30. The summed E-state index contributed by atoms with van der Waals surface area (Å²) in [7, 11) is 0. The van der Waals surface area contributed by atoms with Gasteiger partial charge in [0.15, 0.2) is 0 Å². The van der Waals surface area contributed by atoms with Crippen LogP contribution in [0.1, 0.15) is 41.6 Å². The zero-order chi connectivity index (χ0) is 20.9. The van der Waals surface area contributed by atoms with Crippen LogP contribution in [0.15, 0.2) is 78.9 Å². The van der Waals surface area contributed by atoms with Crippen molar-refractivity contribution in [3.8, 4) is 0 Å². The zero-order valence-corrected chi connectivity index (χ0v) is 16.5. The number of para-hydroxylation sites is 1. The standard InChI is InChI=1S/C25H24N2O3/c28-23(18-6-2-1-3-7-18)15-12-17-10-13-19(14-11-17)26-25(30)21-16-24(29)27-22-9-5-4-8-20(21)22/h1-11,13-14,21,23,28H,12,15-16H2,(H,26,30)(H,27,29)/t21-,23+/m0/s1. The van der Waals surface area contributed by atoms with E-state index in [4.69, 9.17) is 0 Å². The molecule has 4 rings (SSSR count). The summed E-state index contributed by atoms with van der Waals surface area (Å²) in [5.41, 5.74) is 4.22. The molecule has 5 nitrogen and oxygen atoms in total. The molecule has 3 N–H and O–H groups in total. The molecule has 3 aromatic carbocycles. The molecule has 152 valence electrons. The summed E-state index contributed by atoms with van der Waals surface area (Å²) in [5, 5.41) is 16.0. The number of fused-ring (bicyclic) bond motifs is 1. The summed E-state index contributed by atoms with van der Waals surface area (Å²) in [6.45, 7) is 0. The van der Waals surface area contributed by atoms with E-state index in [1.54, 1.807) is 0 Å². The molecule has 5 heteroatoms. The highest BCUT2D eigenvalue weighted by atomic mass is 16.3. The molecule has 1 aliphatic heterocycles. The van der Waals surface area contributed by atoms with Gasteiger partial charge in [-0.25, -0.2) is 0 Å². The number of hydrogen-bond donors (Lipinski definition) is 3. The molecule has 30 heavy (non-hydrogen) atoms. The number of hydrogen-bond acceptors (Lipinski definition) is 3. The number of aliphatic hydroxyl groups excluding tert-OH is 1. The molecule has 0 bridgehead atoms. The summed E-state index contributed by atoms with van der Waals surface area (Å²) in [6.07, 6.45) is 1.01. The fourth-order valence-corrected chi connectivity index (χ4v) is 3.77. The van der Waals surface area contributed by atoms with Crippen LogP contribution in [0.4, 0.5) is 11.4 Å². The van der Waals surface area contributed by atoms with Gasteiger partial charge in [-0.15, -0.1) is 0 Å². The zero-order valence-electron chi connectivity index (χ0n) is 16.5. The first-order valence-corrected chi connectivity index (χ1v) is 10.1. The molecule has 0 aromatic heterocycles. The normalized spacial score (nSPS) is 16.3. The van der Waals surface area contributed by atoms with E-state index < -0.39 is 12.0 Å². The first-order valence-electron chi connectivity index (χ1n) is 10.1. The molecule has 1 aliphatic rings. The topological polar surface area (TPSA) is 78.4 Å². The van der Waals surface area contributed by atoms with Gasteiger partial charge in [-0.1, -0.05) is 60.7 Å². The van der Waals surface area contributed by atoms with Crippen LogP contribution in [0.2, 0.25) is 0 Å². The Kier molecular flexibility index (Phi) is 5.91. The highest BCUT2D eigenvalue weighted by Crippen LogP contribution is 2.32. The third kappa shape index (κ3) is 4.58. The highest BCUT2D eigenvalue weighted by molar-refractivity contribution is 6.05. The van der Waals surface area contributed by atoms with Gasteiger partial charge in [-0.3, -0.25) is 9.59 Å². The van der Waals surface area contributed by atoms with Crippen molar-refractivity contribution in [2.24, 2.45) is 0 Å². The lowest BCUT2D eigenvalue weighted by molar-refractivity contribution is -0.123. The van der Waals surface area contributed by atoms with Crippen LogP contribution in [-0.2, 0) is 16.0 Å². The fourth-order valence-electron chi connectivity index (χ4n) is 3.77. The van der Waals surface area contributed by atoms with E-state index in [1.807, 2.05) is 78.9 Å². The molecule has 0 radical (unpaired) electrons. The molecule has 0 aliphatic carbocycles. The van der Waals surface area contributed by atoms with Crippen LogP contribution in [-0.4, -0.2) is 16.9 Å². The number of aryl methyl sites for hydroxylation is 1.